The molecule has 16 heavy (non-hydrogen) atoms. The Morgan fingerprint density at radius 2 is 1.94 bits per heavy atom. The third kappa shape index (κ3) is 4.62. The third-order valence-electron chi connectivity index (χ3n) is 2.10. The fourth-order valence-corrected chi connectivity index (χ4v) is 1.56. The van der Waals surface area contributed by atoms with Crippen LogP contribution in [0.1, 0.15) is 39.0 Å². The maximum absolute atomic E-state index is 4.49. The standard InChI is InChI=1S/C13H23N3/c1-6-14-9-11-7-10(2)15-12(8-11)16-13(3,4)5/h7-8,14H,6,9H2,1-5H3,(H,15,16). The number of nitrogens with one attached hydrogen (secondary N) is 2. The summed E-state index contributed by atoms with van der Waals surface area (Å²) in [5.41, 5.74) is 2.39. The highest BCUT2D eigenvalue weighted by atomic mass is 15.0. The fourth-order valence-electron chi connectivity index (χ4n) is 1.56. The van der Waals surface area contributed by atoms with Gasteiger partial charge in [0.15, 0.2) is 0 Å². The second-order valence-electron chi connectivity index (χ2n) is 5.16. The average molecular weight is 221 g/mol. The van der Waals surface area contributed by atoms with Crippen molar-refractivity contribution in [3.05, 3.63) is 23.4 Å². The van der Waals surface area contributed by atoms with Crippen LogP contribution in [0.3, 0.4) is 0 Å². The van der Waals surface area contributed by atoms with E-state index >= 15 is 0 Å². The molecule has 0 amide bonds. The average Bonchev–Trinajstić information content (AvgIpc) is 2.10. The van der Waals surface area contributed by atoms with Gasteiger partial charge in [-0.05, 0) is 51.9 Å². The van der Waals surface area contributed by atoms with Crippen molar-refractivity contribution in [2.75, 3.05) is 11.9 Å². The summed E-state index contributed by atoms with van der Waals surface area (Å²) in [6, 6.07) is 4.23. The summed E-state index contributed by atoms with van der Waals surface area (Å²) in [4.78, 5) is 4.49. The van der Waals surface area contributed by atoms with Gasteiger partial charge in [0.2, 0.25) is 0 Å². The molecule has 0 unspecified atom stereocenters. The summed E-state index contributed by atoms with van der Waals surface area (Å²) >= 11 is 0. The highest BCUT2D eigenvalue weighted by molar-refractivity contribution is 5.41. The lowest BCUT2D eigenvalue weighted by atomic mass is 10.1. The second kappa shape index (κ2) is 5.30. The van der Waals surface area contributed by atoms with E-state index < -0.39 is 0 Å². The smallest absolute Gasteiger partial charge is 0.126 e. The molecule has 0 fully saturated rings. The quantitative estimate of drug-likeness (QED) is 0.821. The molecule has 1 aromatic heterocycles. The van der Waals surface area contributed by atoms with Gasteiger partial charge in [-0.25, -0.2) is 4.98 Å². The van der Waals surface area contributed by atoms with E-state index in [2.05, 4.69) is 55.4 Å². The number of rotatable bonds is 4. The molecular formula is C13H23N3. The Bertz CT molecular complexity index is 340. The Balaban J connectivity index is 2.81. The van der Waals surface area contributed by atoms with Crippen LogP contribution >= 0.6 is 0 Å². The summed E-state index contributed by atoms with van der Waals surface area (Å²) < 4.78 is 0. The number of aromatic nitrogens is 1. The summed E-state index contributed by atoms with van der Waals surface area (Å²) in [6.07, 6.45) is 0. The van der Waals surface area contributed by atoms with Gasteiger partial charge in [-0.1, -0.05) is 6.92 Å². The molecule has 90 valence electrons. The van der Waals surface area contributed by atoms with E-state index in [1.54, 1.807) is 0 Å². The van der Waals surface area contributed by atoms with Gasteiger partial charge in [0, 0.05) is 17.8 Å². The lowest BCUT2D eigenvalue weighted by Crippen LogP contribution is -2.27. The van der Waals surface area contributed by atoms with Crippen molar-refractivity contribution >= 4 is 5.82 Å². The van der Waals surface area contributed by atoms with Crippen LogP contribution in [0.2, 0.25) is 0 Å². The lowest BCUT2D eigenvalue weighted by molar-refractivity contribution is 0.629. The Morgan fingerprint density at radius 1 is 1.25 bits per heavy atom. The van der Waals surface area contributed by atoms with E-state index in [0.717, 1.165) is 24.6 Å². The first-order valence-electron chi connectivity index (χ1n) is 5.87. The molecule has 3 heteroatoms. The molecule has 1 rings (SSSR count). The number of hydrogen-bond donors (Lipinski definition) is 2. The minimum atomic E-state index is 0.0518. The molecule has 2 N–H and O–H groups in total. The summed E-state index contributed by atoms with van der Waals surface area (Å²) in [5.74, 6) is 0.959. The molecule has 0 aliphatic carbocycles. The largest absolute Gasteiger partial charge is 0.365 e. The maximum atomic E-state index is 4.49. The van der Waals surface area contributed by atoms with Crippen molar-refractivity contribution in [1.82, 2.24) is 10.3 Å². The van der Waals surface area contributed by atoms with E-state index in [1.165, 1.54) is 5.56 Å². The van der Waals surface area contributed by atoms with Gasteiger partial charge >= 0.3 is 0 Å². The molecule has 0 spiro atoms. The first-order chi connectivity index (χ1) is 7.40. The molecular weight excluding hydrogens is 198 g/mol. The predicted octanol–water partition coefficient (Wildman–Crippen LogP) is 2.71. The van der Waals surface area contributed by atoms with Gasteiger partial charge in [0.25, 0.3) is 0 Å². The first kappa shape index (κ1) is 13.0. The summed E-state index contributed by atoms with van der Waals surface area (Å²) in [6.45, 7) is 12.5. The van der Waals surface area contributed by atoms with E-state index in [9.17, 15) is 0 Å². The highest BCUT2D eigenvalue weighted by Gasteiger charge is 2.10. The van der Waals surface area contributed by atoms with Crippen LogP contribution in [-0.4, -0.2) is 17.1 Å². The van der Waals surface area contributed by atoms with Gasteiger partial charge in [-0.2, -0.15) is 0 Å². The van der Waals surface area contributed by atoms with E-state index in [1.807, 2.05) is 6.92 Å². The van der Waals surface area contributed by atoms with E-state index in [0.29, 0.717) is 0 Å². The van der Waals surface area contributed by atoms with Gasteiger partial charge in [0.05, 0.1) is 0 Å². The van der Waals surface area contributed by atoms with Crippen LogP contribution in [0.25, 0.3) is 0 Å². The molecule has 0 aliphatic heterocycles. The first-order valence-corrected chi connectivity index (χ1v) is 5.87. The molecule has 0 saturated carbocycles. The number of pyridine rings is 1. The second-order valence-corrected chi connectivity index (χ2v) is 5.16. The van der Waals surface area contributed by atoms with Gasteiger partial charge in [-0.15, -0.1) is 0 Å². The minimum absolute atomic E-state index is 0.0518. The molecule has 0 aromatic carbocycles. The molecule has 3 nitrogen and oxygen atoms in total. The predicted molar refractivity (Wildman–Crippen MR) is 69.7 cm³/mol. The SMILES string of the molecule is CCNCc1cc(C)nc(NC(C)(C)C)c1. The molecule has 0 aliphatic rings. The number of hydrogen-bond acceptors (Lipinski definition) is 3. The molecule has 0 atom stereocenters. The zero-order valence-corrected chi connectivity index (χ0v) is 11.0. The Kier molecular flexibility index (Phi) is 4.30. The topological polar surface area (TPSA) is 37.0 Å². The zero-order valence-electron chi connectivity index (χ0n) is 11.0. The van der Waals surface area contributed by atoms with Crippen LogP contribution in [0.5, 0.6) is 0 Å². The lowest BCUT2D eigenvalue weighted by Gasteiger charge is -2.22. The van der Waals surface area contributed by atoms with Gasteiger partial charge < -0.3 is 10.6 Å². The fraction of sp³-hybridized carbons (Fsp3) is 0.615. The van der Waals surface area contributed by atoms with Crippen LogP contribution in [0.4, 0.5) is 5.82 Å². The molecule has 1 heterocycles. The van der Waals surface area contributed by atoms with Gasteiger partial charge in [0.1, 0.15) is 5.82 Å². The molecule has 0 saturated heterocycles. The van der Waals surface area contributed by atoms with Crippen molar-refractivity contribution in [2.24, 2.45) is 0 Å². The highest BCUT2D eigenvalue weighted by Crippen LogP contribution is 2.15. The number of aryl methyl sites for hydroxylation is 1. The molecule has 0 radical (unpaired) electrons. The van der Waals surface area contributed by atoms with Crippen LogP contribution < -0.4 is 10.6 Å². The Hall–Kier alpha value is -1.09. The third-order valence-corrected chi connectivity index (χ3v) is 2.10. The van der Waals surface area contributed by atoms with Crippen molar-refractivity contribution in [1.29, 1.82) is 0 Å². The normalized spacial score (nSPS) is 11.6. The molecule has 0 bridgehead atoms. The van der Waals surface area contributed by atoms with Crippen LogP contribution in [0.15, 0.2) is 12.1 Å². The van der Waals surface area contributed by atoms with Crippen molar-refractivity contribution < 1.29 is 0 Å². The van der Waals surface area contributed by atoms with Crippen LogP contribution in [-0.2, 0) is 6.54 Å². The number of nitrogens with zero attached hydrogens (tertiary/aromatic N) is 1. The Morgan fingerprint density at radius 3 is 2.50 bits per heavy atom. The minimum Gasteiger partial charge on any atom is -0.365 e. The maximum Gasteiger partial charge on any atom is 0.126 e. The molecule has 1 aromatic rings. The van der Waals surface area contributed by atoms with E-state index in [-0.39, 0.29) is 5.54 Å². The van der Waals surface area contributed by atoms with Crippen molar-refractivity contribution in [3.63, 3.8) is 0 Å². The van der Waals surface area contributed by atoms with Crippen LogP contribution in [0, 0.1) is 6.92 Å². The Labute approximate surface area is 98.7 Å². The monoisotopic (exact) mass is 221 g/mol. The summed E-state index contributed by atoms with van der Waals surface area (Å²) in [5, 5.41) is 6.73. The van der Waals surface area contributed by atoms with Crippen molar-refractivity contribution in [2.45, 2.75) is 46.7 Å². The number of anilines is 1. The van der Waals surface area contributed by atoms with Crippen molar-refractivity contribution in [3.8, 4) is 0 Å². The zero-order chi connectivity index (χ0) is 12.2. The summed E-state index contributed by atoms with van der Waals surface area (Å²) in [7, 11) is 0. The van der Waals surface area contributed by atoms with E-state index in [4.69, 9.17) is 0 Å². The van der Waals surface area contributed by atoms with Gasteiger partial charge in [-0.3, -0.25) is 0 Å².